The molecule has 166 valence electrons. The van der Waals surface area contributed by atoms with Gasteiger partial charge in [-0.15, -0.1) is 0 Å². The van der Waals surface area contributed by atoms with Gasteiger partial charge in [0.15, 0.2) is 0 Å². The normalized spacial score (nSPS) is 15.8. The van der Waals surface area contributed by atoms with Gasteiger partial charge in [-0.1, -0.05) is 65.7 Å². The Morgan fingerprint density at radius 3 is 2.41 bits per heavy atom. The number of nitrogens with zero attached hydrogens (tertiary/aromatic N) is 2. The maximum Gasteiger partial charge on any atom is 0.243 e. The molecule has 3 aromatic rings. The standard InChI is InChI=1S/C25H25ClN2O3S/c1-18-11-13-22(14-12-18)32(30,31)27(16-21-8-3-5-9-23(21)26)17-25(29)28-19(2)15-20-7-4-6-10-24(20)28/h3-14,19H,15-17H2,1-2H3. The van der Waals surface area contributed by atoms with Crippen molar-refractivity contribution in [2.75, 3.05) is 11.4 Å². The Morgan fingerprint density at radius 1 is 1.03 bits per heavy atom. The fourth-order valence-corrected chi connectivity index (χ4v) is 5.64. The third-order valence-corrected chi connectivity index (χ3v) is 7.93. The average Bonchev–Trinajstić information content (AvgIpc) is 3.10. The molecule has 0 aromatic heterocycles. The van der Waals surface area contributed by atoms with Crippen molar-refractivity contribution in [3.8, 4) is 0 Å². The van der Waals surface area contributed by atoms with Crippen molar-refractivity contribution in [3.05, 3.63) is 94.5 Å². The van der Waals surface area contributed by atoms with E-state index in [2.05, 4.69) is 0 Å². The highest BCUT2D eigenvalue weighted by Gasteiger charge is 2.34. The summed E-state index contributed by atoms with van der Waals surface area (Å²) in [5.41, 5.74) is 3.54. The lowest BCUT2D eigenvalue weighted by Crippen LogP contribution is -2.44. The van der Waals surface area contributed by atoms with Crippen LogP contribution in [0.25, 0.3) is 0 Å². The van der Waals surface area contributed by atoms with Gasteiger partial charge in [0.25, 0.3) is 0 Å². The molecule has 1 atom stereocenters. The minimum absolute atomic E-state index is 0.00545. The number of benzene rings is 3. The molecule has 1 aliphatic heterocycles. The van der Waals surface area contributed by atoms with Crippen molar-refractivity contribution in [2.24, 2.45) is 0 Å². The summed E-state index contributed by atoms with van der Waals surface area (Å²) in [5, 5.41) is 0.462. The van der Waals surface area contributed by atoms with Gasteiger partial charge >= 0.3 is 0 Å². The van der Waals surface area contributed by atoms with Crippen LogP contribution < -0.4 is 4.90 Å². The van der Waals surface area contributed by atoms with E-state index < -0.39 is 10.0 Å². The maximum absolute atomic E-state index is 13.5. The van der Waals surface area contributed by atoms with Crippen molar-refractivity contribution in [1.29, 1.82) is 0 Å². The van der Waals surface area contributed by atoms with E-state index in [4.69, 9.17) is 11.6 Å². The molecule has 3 aromatic carbocycles. The van der Waals surface area contributed by atoms with E-state index in [1.165, 1.54) is 4.31 Å². The van der Waals surface area contributed by atoms with E-state index in [1.54, 1.807) is 53.4 Å². The zero-order chi connectivity index (χ0) is 22.9. The summed E-state index contributed by atoms with van der Waals surface area (Å²) < 4.78 is 28.3. The molecule has 0 fully saturated rings. The first-order valence-electron chi connectivity index (χ1n) is 10.5. The molecule has 0 spiro atoms. The van der Waals surface area contributed by atoms with E-state index in [0.29, 0.717) is 10.6 Å². The van der Waals surface area contributed by atoms with E-state index >= 15 is 0 Å². The Kier molecular flexibility index (Phi) is 6.38. The summed E-state index contributed by atoms with van der Waals surface area (Å²) in [6.45, 7) is 3.60. The minimum atomic E-state index is -3.93. The van der Waals surface area contributed by atoms with Crippen LogP contribution in [0.2, 0.25) is 5.02 Å². The number of hydrogen-bond donors (Lipinski definition) is 0. The molecule has 4 rings (SSSR count). The smallest absolute Gasteiger partial charge is 0.243 e. The van der Waals surface area contributed by atoms with Crippen LogP contribution in [0.1, 0.15) is 23.6 Å². The van der Waals surface area contributed by atoms with Gasteiger partial charge in [-0.3, -0.25) is 4.79 Å². The van der Waals surface area contributed by atoms with E-state index in [-0.39, 0.29) is 29.9 Å². The number of carbonyl (C=O) groups excluding carboxylic acids is 1. The predicted molar refractivity (Wildman–Crippen MR) is 127 cm³/mol. The van der Waals surface area contributed by atoms with Crippen LogP contribution in [0.4, 0.5) is 5.69 Å². The van der Waals surface area contributed by atoms with Gasteiger partial charge in [0.1, 0.15) is 0 Å². The molecule has 0 aliphatic carbocycles. The average molecular weight is 469 g/mol. The van der Waals surface area contributed by atoms with Crippen molar-refractivity contribution in [2.45, 2.75) is 37.8 Å². The van der Waals surface area contributed by atoms with Crippen LogP contribution in [-0.2, 0) is 27.8 Å². The lowest BCUT2D eigenvalue weighted by atomic mass is 10.1. The SMILES string of the molecule is Cc1ccc(S(=O)(=O)N(CC(=O)N2c3ccccc3CC2C)Cc2ccccc2Cl)cc1. The summed E-state index contributed by atoms with van der Waals surface area (Å²) in [6.07, 6.45) is 0.747. The van der Waals surface area contributed by atoms with Crippen molar-refractivity contribution < 1.29 is 13.2 Å². The van der Waals surface area contributed by atoms with E-state index in [9.17, 15) is 13.2 Å². The van der Waals surface area contributed by atoms with Gasteiger partial charge in [0.05, 0.1) is 11.4 Å². The number of amides is 1. The van der Waals surface area contributed by atoms with Gasteiger partial charge in [-0.25, -0.2) is 8.42 Å². The summed E-state index contributed by atoms with van der Waals surface area (Å²) in [4.78, 5) is 15.3. The first kappa shape index (κ1) is 22.5. The molecule has 0 saturated carbocycles. The van der Waals surface area contributed by atoms with Crippen LogP contribution in [0.15, 0.2) is 77.7 Å². The number of sulfonamides is 1. The molecule has 32 heavy (non-hydrogen) atoms. The number of rotatable bonds is 6. The van der Waals surface area contributed by atoms with Crippen LogP contribution in [0, 0.1) is 6.92 Å². The van der Waals surface area contributed by atoms with Gasteiger partial charge < -0.3 is 4.90 Å². The second-order valence-electron chi connectivity index (χ2n) is 8.12. The first-order valence-corrected chi connectivity index (χ1v) is 12.3. The molecular formula is C25H25ClN2O3S. The molecule has 0 bridgehead atoms. The maximum atomic E-state index is 13.5. The van der Waals surface area contributed by atoms with Gasteiger partial charge in [-0.05, 0) is 55.7 Å². The molecule has 1 unspecified atom stereocenters. The highest BCUT2D eigenvalue weighted by Crippen LogP contribution is 2.32. The minimum Gasteiger partial charge on any atom is -0.308 e. The Balaban J connectivity index is 1.69. The Hall–Kier alpha value is -2.67. The van der Waals surface area contributed by atoms with E-state index in [1.807, 2.05) is 38.1 Å². The summed E-state index contributed by atoms with van der Waals surface area (Å²) in [6, 6.07) is 21.4. The quantitative estimate of drug-likeness (QED) is 0.521. The fraction of sp³-hybridized carbons (Fsp3) is 0.240. The molecule has 7 heteroatoms. The second kappa shape index (κ2) is 9.06. The van der Waals surface area contributed by atoms with Crippen LogP contribution >= 0.6 is 11.6 Å². The second-order valence-corrected chi connectivity index (χ2v) is 10.5. The van der Waals surface area contributed by atoms with Crippen LogP contribution in [0.5, 0.6) is 0 Å². The molecule has 0 saturated heterocycles. The molecule has 1 amide bonds. The summed E-state index contributed by atoms with van der Waals surface area (Å²) in [7, 11) is -3.93. The molecule has 0 N–H and O–H groups in total. The number of aryl methyl sites for hydroxylation is 1. The van der Waals surface area contributed by atoms with E-state index in [0.717, 1.165) is 23.2 Å². The monoisotopic (exact) mass is 468 g/mol. The number of halogens is 1. The van der Waals surface area contributed by atoms with Crippen LogP contribution in [0.3, 0.4) is 0 Å². The fourth-order valence-electron chi connectivity index (χ4n) is 4.07. The molecule has 5 nitrogen and oxygen atoms in total. The number of fused-ring (bicyclic) bond motifs is 1. The number of anilines is 1. The third kappa shape index (κ3) is 4.44. The number of para-hydroxylation sites is 1. The lowest BCUT2D eigenvalue weighted by molar-refractivity contribution is -0.119. The number of hydrogen-bond acceptors (Lipinski definition) is 3. The highest BCUT2D eigenvalue weighted by atomic mass is 35.5. The predicted octanol–water partition coefficient (Wildman–Crippen LogP) is 4.82. The van der Waals surface area contributed by atoms with Gasteiger partial charge in [0, 0.05) is 23.3 Å². The van der Waals surface area contributed by atoms with Crippen molar-refractivity contribution >= 4 is 33.2 Å². The van der Waals surface area contributed by atoms with Gasteiger partial charge in [-0.2, -0.15) is 4.31 Å². The highest BCUT2D eigenvalue weighted by molar-refractivity contribution is 7.89. The molecule has 1 aliphatic rings. The molecule has 0 radical (unpaired) electrons. The zero-order valence-electron chi connectivity index (χ0n) is 18.0. The third-order valence-electron chi connectivity index (χ3n) is 5.75. The van der Waals surface area contributed by atoms with Crippen LogP contribution in [-0.4, -0.2) is 31.2 Å². The Labute approximate surface area is 194 Å². The topological polar surface area (TPSA) is 57.7 Å². The van der Waals surface area contributed by atoms with Gasteiger partial charge in [0.2, 0.25) is 15.9 Å². The summed E-state index contributed by atoms with van der Waals surface area (Å²) in [5.74, 6) is -0.259. The largest absolute Gasteiger partial charge is 0.308 e. The van der Waals surface area contributed by atoms with Crippen molar-refractivity contribution in [1.82, 2.24) is 4.31 Å². The lowest BCUT2D eigenvalue weighted by Gasteiger charge is -2.28. The van der Waals surface area contributed by atoms with Crippen molar-refractivity contribution in [3.63, 3.8) is 0 Å². The molecular weight excluding hydrogens is 444 g/mol. The number of carbonyl (C=O) groups is 1. The first-order chi connectivity index (χ1) is 15.3. The Morgan fingerprint density at radius 2 is 1.69 bits per heavy atom. The Bertz CT molecular complexity index is 1240. The summed E-state index contributed by atoms with van der Waals surface area (Å²) >= 11 is 6.32. The molecule has 1 heterocycles. The zero-order valence-corrected chi connectivity index (χ0v) is 19.6.